The molecule has 2 unspecified atom stereocenters. The van der Waals surface area contributed by atoms with Gasteiger partial charge >= 0.3 is 455 Å². The molecule has 377 valence electrons. The minimum absolute atomic E-state index is 0.176. The Labute approximate surface area is 450 Å². The van der Waals surface area contributed by atoms with Gasteiger partial charge in [-0.05, 0) is 0 Å². The molecular formula is C64H83Cl2Si5Zr. The van der Waals surface area contributed by atoms with E-state index in [0.29, 0.717) is 0 Å². The average molecular weight is 1150 g/mol. The summed E-state index contributed by atoms with van der Waals surface area (Å²) in [5, 5.41) is 9.12. The van der Waals surface area contributed by atoms with E-state index in [-0.39, 0.29) is 18.1 Å². The predicted molar refractivity (Wildman–Crippen MR) is 337 cm³/mol. The van der Waals surface area contributed by atoms with Crippen LogP contribution < -0.4 is 34.4 Å². The van der Waals surface area contributed by atoms with E-state index >= 15 is 0 Å². The first-order chi connectivity index (χ1) is 33.0. The molecule has 2 atom stereocenters. The van der Waals surface area contributed by atoms with Gasteiger partial charge in [-0.2, -0.15) is 0 Å². The molecule has 2 aliphatic carbocycles. The van der Waals surface area contributed by atoms with Gasteiger partial charge in [-0.1, -0.05) is 0 Å². The van der Waals surface area contributed by atoms with E-state index in [1.54, 1.807) is 0 Å². The minimum atomic E-state index is -5.93. The van der Waals surface area contributed by atoms with E-state index in [1.165, 1.54) is 112 Å². The zero-order valence-corrected chi connectivity index (χ0v) is 57.0. The van der Waals surface area contributed by atoms with Crippen molar-refractivity contribution < 1.29 is 16.4 Å². The van der Waals surface area contributed by atoms with Crippen LogP contribution in [0.25, 0.3) is 45.5 Å². The molecule has 0 N–H and O–H groups in total. The van der Waals surface area contributed by atoms with Crippen LogP contribution >= 0.6 is 17.0 Å². The summed E-state index contributed by atoms with van der Waals surface area (Å²) in [6, 6.07) is 41.5. The molecule has 0 saturated heterocycles. The van der Waals surface area contributed by atoms with Crippen molar-refractivity contribution in [2.24, 2.45) is 10.8 Å². The summed E-state index contributed by atoms with van der Waals surface area (Å²) >= 11 is -5.93. The number of halogens is 2. The molecule has 0 nitrogen and oxygen atoms in total. The van der Waals surface area contributed by atoms with Gasteiger partial charge < -0.3 is 0 Å². The van der Waals surface area contributed by atoms with Gasteiger partial charge in [-0.3, -0.25) is 0 Å². The van der Waals surface area contributed by atoms with E-state index in [4.69, 9.17) is 0 Å². The number of allylic oxidation sites excluding steroid dienone is 2. The number of hydrogen-bond acceptors (Lipinski definition) is 0. The molecule has 9 rings (SSSR count). The SMILES string of the molecule is Cc1ccc2c(c1-c1cc([Si](C)(C)C)cc([Si](C)(C)C)c1)C=C(C(C)(C)C)[CH]2[Zr]([Cl])([Cl])([c]1cccc2c1[SiH2]c1ccccc1-2)[CH]1C(C(C)(C)C)=Cc2c1ccc(C)c2-c1cc([Si](C)(C)C)cc([Si](C)(C)C)c1. The van der Waals surface area contributed by atoms with Crippen molar-refractivity contribution in [1.29, 1.82) is 0 Å². The van der Waals surface area contributed by atoms with Crippen molar-refractivity contribution in [2.45, 2.75) is 141 Å². The third kappa shape index (κ3) is 9.11. The summed E-state index contributed by atoms with van der Waals surface area (Å²) in [5.41, 5.74) is 18.4. The van der Waals surface area contributed by atoms with Gasteiger partial charge in [-0.15, -0.1) is 0 Å². The molecule has 0 spiro atoms. The van der Waals surface area contributed by atoms with Gasteiger partial charge in [0, 0.05) is 0 Å². The Bertz CT molecular complexity index is 3060. The van der Waals surface area contributed by atoms with Crippen LogP contribution in [0.15, 0.2) is 114 Å². The molecular weight excluding hydrogens is 1070 g/mol. The van der Waals surface area contributed by atoms with Crippen molar-refractivity contribution in [3.8, 4) is 33.4 Å². The van der Waals surface area contributed by atoms with Gasteiger partial charge in [-0.25, -0.2) is 0 Å². The molecule has 6 aromatic carbocycles. The van der Waals surface area contributed by atoms with Crippen molar-refractivity contribution in [2.75, 3.05) is 0 Å². The Morgan fingerprint density at radius 3 is 1.21 bits per heavy atom. The van der Waals surface area contributed by atoms with E-state index in [9.17, 15) is 17.0 Å². The first kappa shape index (κ1) is 54.1. The maximum atomic E-state index is 9.77. The summed E-state index contributed by atoms with van der Waals surface area (Å²) in [6.07, 6.45) is 5.23. The number of aryl methyl sites for hydroxylation is 2. The molecule has 0 amide bonds. The second-order valence-corrected chi connectivity index (χ2v) is 71.2. The van der Waals surface area contributed by atoms with Crippen molar-refractivity contribution in [3.63, 3.8) is 0 Å². The van der Waals surface area contributed by atoms with Crippen molar-refractivity contribution >= 4 is 105 Å². The van der Waals surface area contributed by atoms with Crippen LogP contribution in [-0.4, -0.2) is 41.8 Å². The van der Waals surface area contributed by atoms with E-state index < -0.39 is 58.2 Å². The monoisotopic (exact) mass is 1150 g/mol. The maximum absolute atomic E-state index is 9.77. The number of rotatable bonds is 9. The summed E-state index contributed by atoms with van der Waals surface area (Å²) in [7, 11) is 11.8. The van der Waals surface area contributed by atoms with Gasteiger partial charge in [0.05, 0.1) is 0 Å². The summed E-state index contributed by atoms with van der Waals surface area (Å²) < 4.78 is 0.948. The fourth-order valence-electron chi connectivity index (χ4n) is 12.7. The Kier molecular flexibility index (Phi) is 13.3. The first-order valence-electron chi connectivity index (χ1n) is 26.8. The standard InChI is InChI=1S/2C26H37Si2.C12H9Si.2ClH.Zr/c2*1-18-11-12-19-13-21(26(2,3)4)16-24(19)25(18)20-14-22(27(5,6)7)17-23(15-20)28(8,9)10;1-3-7-11-9(5-1)10-6-2-4-8-12(10)13-11;;;/h2*11-17H,1-10H3;1-7H,13H2;2*1H;/q;;;;;+2/p-2. The van der Waals surface area contributed by atoms with Crippen LogP contribution in [0.5, 0.6) is 0 Å². The molecule has 3 aliphatic rings. The Morgan fingerprint density at radius 2 is 0.833 bits per heavy atom. The molecule has 0 radical (unpaired) electrons. The molecule has 0 bridgehead atoms. The second-order valence-electron chi connectivity index (χ2n) is 28.5. The number of fused-ring (bicyclic) bond motifs is 5. The molecule has 0 saturated carbocycles. The van der Waals surface area contributed by atoms with Crippen LogP contribution in [0.1, 0.15) is 82.2 Å². The summed E-state index contributed by atoms with van der Waals surface area (Å²) in [6.45, 7) is 49.3. The molecule has 1 heterocycles. The van der Waals surface area contributed by atoms with Crippen LogP contribution in [0.2, 0.25) is 78.6 Å². The predicted octanol–water partition coefficient (Wildman–Crippen LogP) is 14.9. The van der Waals surface area contributed by atoms with E-state index in [1.807, 2.05) is 0 Å². The van der Waals surface area contributed by atoms with Crippen LogP contribution in [0.4, 0.5) is 0 Å². The molecule has 6 aromatic rings. The number of hydrogen-bond donors (Lipinski definition) is 0. The Hall–Kier alpha value is -2.65. The quantitative estimate of drug-likeness (QED) is 0.126. The van der Waals surface area contributed by atoms with Crippen molar-refractivity contribution in [1.82, 2.24) is 0 Å². The topological polar surface area (TPSA) is 0 Å². The Morgan fingerprint density at radius 1 is 0.458 bits per heavy atom. The van der Waals surface area contributed by atoms with Gasteiger partial charge in [0.25, 0.3) is 0 Å². The molecule has 72 heavy (non-hydrogen) atoms. The van der Waals surface area contributed by atoms with E-state index in [0.717, 1.165) is 0 Å². The molecule has 0 aromatic heterocycles. The van der Waals surface area contributed by atoms with Crippen LogP contribution in [0, 0.1) is 24.7 Å². The summed E-state index contributed by atoms with van der Waals surface area (Å²) in [4.78, 5) is 0. The fraction of sp³-hybridized carbons (Fsp3) is 0.375. The van der Waals surface area contributed by atoms with Gasteiger partial charge in [0.15, 0.2) is 0 Å². The zero-order valence-electron chi connectivity index (χ0n) is 47.6. The Balaban J connectivity index is 1.42. The third-order valence-electron chi connectivity index (χ3n) is 16.9. The molecule has 1 aliphatic heterocycles. The van der Waals surface area contributed by atoms with Crippen LogP contribution in [0.3, 0.4) is 0 Å². The van der Waals surface area contributed by atoms with Gasteiger partial charge in [0.2, 0.25) is 0 Å². The fourth-order valence-corrected chi connectivity index (χ4v) is 46.0. The molecule has 8 heteroatoms. The first-order valence-corrected chi connectivity index (χ1v) is 52.6. The van der Waals surface area contributed by atoms with Crippen LogP contribution in [-0.2, 0) is 16.4 Å². The average Bonchev–Trinajstić information content (AvgIpc) is 3.98. The molecule has 0 fully saturated rings. The van der Waals surface area contributed by atoms with E-state index in [2.05, 4.69) is 249 Å². The zero-order chi connectivity index (χ0) is 52.9. The third-order valence-corrected chi connectivity index (χ3v) is 47.5. The van der Waals surface area contributed by atoms with Crippen molar-refractivity contribution in [3.05, 3.63) is 148 Å². The summed E-state index contributed by atoms with van der Waals surface area (Å²) in [5.74, 6) is 0. The number of benzene rings is 6. The second kappa shape index (κ2) is 17.7. The normalized spacial score (nSPS) is 18.1. The van der Waals surface area contributed by atoms with Gasteiger partial charge in [0.1, 0.15) is 0 Å².